The molecule has 0 unspecified atom stereocenters. The van der Waals surface area contributed by atoms with E-state index in [4.69, 9.17) is 11.6 Å². The van der Waals surface area contributed by atoms with Crippen molar-refractivity contribution in [3.63, 3.8) is 0 Å². The number of hydrogen-bond acceptors (Lipinski definition) is 3. The van der Waals surface area contributed by atoms with Gasteiger partial charge in [0.2, 0.25) is 15.9 Å². The molecule has 0 spiro atoms. The topological polar surface area (TPSA) is 66.5 Å². The Balaban J connectivity index is 1.33. The van der Waals surface area contributed by atoms with Crippen molar-refractivity contribution in [3.05, 3.63) is 69.5 Å². The maximum absolute atomic E-state index is 14.1. The first-order chi connectivity index (χ1) is 15.7. The zero-order chi connectivity index (χ0) is 23.6. The van der Waals surface area contributed by atoms with E-state index in [2.05, 4.69) is 23.5 Å². The van der Waals surface area contributed by atoms with Gasteiger partial charge in [0.05, 0.1) is 11.8 Å². The van der Waals surface area contributed by atoms with Crippen molar-refractivity contribution in [2.75, 3.05) is 13.1 Å². The van der Waals surface area contributed by atoms with Crippen molar-refractivity contribution in [2.45, 2.75) is 57.2 Å². The third kappa shape index (κ3) is 5.58. The largest absolute Gasteiger partial charge is 0.349 e. The van der Waals surface area contributed by atoms with Crippen LogP contribution in [0.2, 0.25) is 5.02 Å². The molecule has 8 heteroatoms. The van der Waals surface area contributed by atoms with Gasteiger partial charge in [0.25, 0.3) is 0 Å². The molecule has 2 aromatic carbocycles. The van der Waals surface area contributed by atoms with Gasteiger partial charge in [-0.3, -0.25) is 4.79 Å². The Labute approximate surface area is 200 Å². The fourth-order valence-electron chi connectivity index (χ4n) is 4.78. The number of fused-ring (bicyclic) bond motifs is 1. The minimum absolute atomic E-state index is 0.0158. The van der Waals surface area contributed by atoms with Crippen LogP contribution >= 0.6 is 11.6 Å². The lowest BCUT2D eigenvalue weighted by Gasteiger charge is -2.31. The third-order valence-electron chi connectivity index (χ3n) is 6.84. The zero-order valence-corrected chi connectivity index (χ0v) is 20.4. The van der Waals surface area contributed by atoms with Crippen LogP contribution in [-0.4, -0.2) is 31.7 Å². The Hall–Kier alpha value is -1.96. The number of rotatable bonds is 6. The lowest BCUT2D eigenvalue weighted by Crippen LogP contribution is -2.43. The number of amides is 1. The molecule has 2 aliphatic rings. The maximum atomic E-state index is 14.1. The molecule has 1 saturated heterocycles. The second kappa shape index (κ2) is 10.1. The normalized spacial score (nSPS) is 18.5. The summed E-state index contributed by atoms with van der Waals surface area (Å²) >= 11 is 6.00. The van der Waals surface area contributed by atoms with Crippen LogP contribution in [0.25, 0.3) is 0 Å². The van der Waals surface area contributed by atoms with Crippen molar-refractivity contribution >= 4 is 27.5 Å². The lowest BCUT2D eigenvalue weighted by molar-refractivity contribution is -0.126. The quantitative estimate of drug-likeness (QED) is 0.631. The van der Waals surface area contributed by atoms with Gasteiger partial charge in [-0.1, -0.05) is 35.9 Å². The minimum Gasteiger partial charge on any atom is -0.349 e. The third-order valence-corrected chi connectivity index (χ3v) is 9.00. The van der Waals surface area contributed by atoms with Gasteiger partial charge in [-0.15, -0.1) is 0 Å². The molecule has 1 amide bonds. The van der Waals surface area contributed by atoms with Crippen LogP contribution < -0.4 is 5.32 Å². The van der Waals surface area contributed by atoms with Crippen LogP contribution in [0, 0.1) is 11.7 Å². The van der Waals surface area contributed by atoms with E-state index in [1.165, 1.54) is 46.5 Å². The van der Waals surface area contributed by atoms with Gasteiger partial charge < -0.3 is 5.32 Å². The summed E-state index contributed by atoms with van der Waals surface area (Å²) in [6, 6.07) is 10.5. The molecule has 0 radical (unpaired) electrons. The van der Waals surface area contributed by atoms with Gasteiger partial charge in [0.15, 0.2) is 0 Å². The highest BCUT2D eigenvalue weighted by atomic mass is 35.5. The van der Waals surface area contributed by atoms with E-state index >= 15 is 0 Å². The van der Waals surface area contributed by atoms with Crippen molar-refractivity contribution in [2.24, 2.45) is 5.92 Å². The predicted octanol–water partition coefficient (Wildman–Crippen LogP) is 4.78. The van der Waals surface area contributed by atoms with Gasteiger partial charge >= 0.3 is 0 Å². The number of benzene rings is 2. The van der Waals surface area contributed by atoms with Crippen molar-refractivity contribution < 1.29 is 17.6 Å². The number of carbonyl (C=O) groups is 1. The highest BCUT2D eigenvalue weighted by Gasteiger charge is 2.32. The fraction of sp³-hybridized carbons (Fsp3) is 0.480. The Morgan fingerprint density at radius 2 is 1.85 bits per heavy atom. The summed E-state index contributed by atoms with van der Waals surface area (Å²) in [5.41, 5.74) is 3.88. The molecule has 178 valence electrons. The second-order valence-corrected chi connectivity index (χ2v) is 11.5. The number of piperidine rings is 1. The van der Waals surface area contributed by atoms with Crippen molar-refractivity contribution in [3.8, 4) is 0 Å². The fourth-order valence-corrected chi connectivity index (χ4v) is 6.69. The SMILES string of the molecule is C[C@@H](NC(=O)C1CCN(S(=O)(=O)Cc2c(F)cccc2Cl)CC1)c1ccc2c(c1)CCCC2. The first-order valence-electron chi connectivity index (χ1n) is 11.6. The average Bonchev–Trinajstić information content (AvgIpc) is 2.81. The van der Waals surface area contributed by atoms with Crippen LogP contribution in [0.3, 0.4) is 0 Å². The van der Waals surface area contributed by atoms with E-state index in [0.717, 1.165) is 18.4 Å². The van der Waals surface area contributed by atoms with Crippen LogP contribution in [0.5, 0.6) is 0 Å². The Morgan fingerprint density at radius 1 is 1.15 bits per heavy atom. The van der Waals surface area contributed by atoms with Crippen molar-refractivity contribution in [1.82, 2.24) is 9.62 Å². The summed E-state index contributed by atoms with van der Waals surface area (Å²) in [5.74, 6) is -1.40. The summed E-state index contributed by atoms with van der Waals surface area (Å²) in [7, 11) is -3.73. The standard InChI is InChI=1S/C25H30ClFN2O3S/c1-17(20-10-9-18-5-2-3-6-21(18)15-20)28-25(30)19-11-13-29(14-12-19)33(31,32)16-22-23(26)7-4-8-24(22)27/h4,7-10,15,17,19H,2-3,5-6,11-14,16H2,1H3,(H,28,30)/t17-/m1/s1. The number of halogens is 2. The second-order valence-electron chi connectivity index (χ2n) is 9.10. The Kier molecular flexibility index (Phi) is 7.41. The Morgan fingerprint density at radius 3 is 2.55 bits per heavy atom. The smallest absolute Gasteiger partial charge is 0.223 e. The number of hydrogen-bond donors (Lipinski definition) is 1. The first-order valence-corrected chi connectivity index (χ1v) is 13.6. The van der Waals surface area contributed by atoms with E-state index in [9.17, 15) is 17.6 Å². The van der Waals surface area contributed by atoms with Crippen LogP contribution in [-0.2, 0) is 33.4 Å². The summed E-state index contributed by atoms with van der Waals surface area (Å²) in [4.78, 5) is 12.9. The minimum atomic E-state index is -3.73. The monoisotopic (exact) mass is 492 g/mol. The van der Waals surface area contributed by atoms with Crippen LogP contribution in [0.1, 0.15) is 60.9 Å². The molecule has 1 N–H and O–H groups in total. The van der Waals surface area contributed by atoms with Gasteiger partial charge in [-0.2, -0.15) is 0 Å². The molecule has 1 heterocycles. The Bertz CT molecular complexity index is 1110. The van der Waals surface area contributed by atoms with Crippen LogP contribution in [0.15, 0.2) is 36.4 Å². The average molecular weight is 493 g/mol. The van der Waals surface area contributed by atoms with E-state index in [1.807, 2.05) is 6.92 Å². The zero-order valence-electron chi connectivity index (χ0n) is 18.8. The molecule has 4 rings (SSSR count). The van der Waals surface area contributed by atoms with E-state index in [0.29, 0.717) is 12.8 Å². The summed E-state index contributed by atoms with van der Waals surface area (Å²) in [6.07, 6.45) is 5.54. The summed E-state index contributed by atoms with van der Waals surface area (Å²) in [6.45, 7) is 2.46. The van der Waals surface area contributed by atoms with E-state index < -0.39 is 21.6 Å². The lowest BCUT2D eigenvalue weighted by atomic mass is 9.89. The molecule has 1 atom stereocenters. The predicted molar refractivity (Wildman–Crippen MR) is 128 cm³/mol. The highest BCUT2D eigenvalue weighted by Crippen LogP contribution is 2.28. The molecular formula is C25H30ClFN2O3S. The molecule has 2 aromatic rings. The maximum Gasteiger partial charge on any atom is 0.223 e. The molecule has 1 aliphatic carbocycles. The van der Waals surface area contributed by atoms with Gasteiger partial charge in [-0.05, 0) is 74.3 Å². The highest BCUT2D eigenvalue weighted by molar-refractivity contribution is 7.88. The number of nitrogens with zero attached hydrogens (tertiary/aromatic N) is 1. The van der Waals surface area contributed by atoms with E-state index in [-0.39, 0.29) is 41.5 Å². The molecular weight excluding hydrogens is 463 g/mol. The van der Waals surface area contributed by atoms with Gasteiger partial charge in [-0.25, -0.2) is 17.1 Å². The molecule has 0 saturated carbocycles. The number of aryl methyl sites for hydroxylation is 2. The van der Waals surface area contributed by atoms with Crippen LogP contribution in [0.4, 0.5) is 4.39 Å². The number of carbonyl (C=O) groups excluding carboxylic acids is 1. The molecule has 5 nitrogen and oxygen atoms in total. The molecule has 33 heavy (non-hydrogen) atoms. The van der Waals surface area contributed by atoms with Gasteiger partial charge in [0.1, 0.15) is 5.82 Å². The summed E-state index contributed by atoms with van der Waals surface area (Å²) < 4.78 is 41.0. The molecule has 0 aromatic heterocycles. The van der Waals surface area contributed by atoms with E-state index in [1.54, 1.807) is 0 Å². The van der Waals surface area contributed by atoms with Gasteiger partial charge in [0, 0.05) is 29.6 Å². The number of sulfonamides is 1. The molecule has 1 aliphatic heterocycles. The number of nitrogens with one attached hydrogen (secondary N) is 1. The summed E-state index contributed by atoms with van der Waals surface area (Å²) in [5, 5.41) is 3.21. The first kappa shape index (κ1) is 24.2. The van der Waals surface area contributed by atoms with Crippen molar-refractivity contribution in [1.29, 1.82) is 0 Å². The molecule has 1 fully saturated rings. The molecule has 0 bridgehead atoms.